The molecule has 0 spiro atoms. The highest BCUT2D eigenvalue weighted by Crippen LogP contribution is 2.31. The van der Waals surface area contributed by atoms with Gasteiger partial charge in [-0.1, -0.05) is 17.4 Å². The summed E-state index contributed by atoms with van der Waals surface area (Å²) in [7, 11) is 0. The zero-order valence-electron chi connectivity index (χ0n) is 15.3. The van der Waals surface area contributed by atoms with E-state index in [4.69, 9.17) is 4.74 Å². The summed E-state index contributed by atoms with van der Waals surface area (Å²) in [6.07, 6.45) is 1.84. The van der Waals surface area contributed by atoms with Crippen LogP contribution in [0.25, 0.3) is 10.2 Å². The molecule has 2 heterocycles. The molecule has 144 valence electrons. The Morgan fingerprint density at radius 3 is 2.79 bits per heavy atom. The summed E-state index contributed by atoms with van der Waals surface area (Å²) in [5.74, 6) is -0.235. The maximum Gasteiger partial charge on any atom is 0.269 e. The molecule has 0 bridgehead atoms. The first-order valence-corrected chi connectivity index (χ1v) is 9.88. The van der Waals surface area contributed by atoms with E-state index in [2.05, 4.69) is 11.1 Å². The number of thiazole rings is 1. The van der Waals surface area contributed by atoms with Gasteiger partial charge in [-0.05, 0) is 49.6 Å². The molecule has 1 aliphatic heterocycles. The number of hydrogen-bond donors (Lipinski definition) is 0. The van der Waals surface area contributed by atoms with Gasteiger partial charge in [0, 0.05) is 24.3 Å². The highest BCUT2D eigenvalue weighted by molar-refractivity contribution is 7.22. The monoisotopic (exact) mass is 397 g/mol. The van der Waals surface area contributed by atoms with Crippen LogP contribution in [0.4, 0.5) is 10.8 Å². The highest BCUT2D eigenvalue weighted by atomic mass is 32.1. The third-order valence-electron chi connectivity index (χ3n) is 4.74. The van der Waals surface area contributed by atoms with Gasteiger partial charge in [0.1, 0.15) is 0 Å². The van der Waals surface area contributed by atoms with E-state index in [0.29, 0.717) is 23.8 Å². The van der Waals surface area contributed by atoms with Gasteiger partial charge < -0.3 is 4.74 Å². The number of rotatable bonds is 5. The zero-order chi connectivity index (χ0) is 19.7. The van der Waals surface area contributed by atoms with E-state index in [1.807, 2.05) is 19.1 Å². The first-order valence-electron chi connectivity index (χ1n) is 9.06. The summed E-state index contributed by atoms with van der Waals surface area (Å²) < 4.78 is 6.75. The lowest BCUT2D eigenvalue weighted by Gasteiger charge is -2.23. The summed E-state index contributed by atoms with van der Waals surface area (Å²) in [6.45, 7) is 3.13. The Morgan fingerprint density at radius 2 is 2.11 bits per heavy atom. The minimum Gasteiger partial charge on any atom is -0.376 e. The number of hydrogen-bond acceptors (Lipinski definition) is 6. The van der Waals surface area contributed by atoms with Crippen LogP contribution < -0.4 is 4.90 Å². The molecule has 1 aliphatic rings. The summed E-state index contributed by atoms with van der Waals surface area (Å²) in [5.41, 5.74) is 2.33. The molecule has 3 aromatic rings. The maximum absolute atomic E-state index is 13.2. The van der Waals surface area contributed by atoms with E-state index in [1.54, 1.807) is 4.90 Å². The Bertz CT molecular complexity index is 1030. The third-order valence-corrected chi connectivity index (χ3v) is 5.79. The number of carbonyl (C=O) groups is 1. The van der Waals surface area contributed by atoms with Gasteiger partial charge in [-0.15, -0.1) is 0 Å². The van der Waals surface area contributed by atoms with Crippen LogP contribution in [0.2, 0.25) is 0 Å². The van der Waals surface area contributed by atoms with E-state index in [-0.39, 0.29) is 17.7 Å². The Balaban J connectivity index is 1.69. The van der Waals surface area contributed by atoms with Crippen molar-refractivity contribution in [3.05, 3.63) is 63.7 Å². The van der Waals surface area contributed by atoms with Crippen LogP contribution >= 0.6 is 11.3 Å². The summed E-state index contributed by atoms with van der Waals surface area (Å²) in [4.78, 5) is 29.9. The number of amides is 1. The molecule has 1 atom stereocenters. The average Bonchev–Trinajstić information content (AvgIpc) is 3.34. The molecule has 8 heteroatoms. The van der Waals surface area contributed by atoms with Crippen LogP contribution in [-0.2, 0) is 4.74 Å². The first-order chi connectivity index (χ1) is 13.5. The molecular formula is C20H19N3O4S. The Hall–Kier alpha value is -2.84. The third kappa shape index (κ3) is 3.74. The molecule has 1 aromatic heterocycles. The van der Waals surface area contributed by atoms with Crippen molar-refractivity contribution in [2.75, 3.05) is 18.1 Å². The fourth-order valence-corrected chi connectivity index (χ4v) is 4.33. The van der Waals surface area contributed by atoms with Crippen LogP contribution in [0.3, 0.4) is 0 Å². The minimum absolute atomic E-state index is 0.0317. The smallest absolute Gasteiger partial charge is 0.269 e. The number of non-ortho nitro benzene ring substituents is 1. The number of benzene rings is 2. The summed E-state index contributed by atoms with van der Waals surface area (Å²) >= 11 is 1.46. The first kappa shape index (κ1) is 18.5. The van der Waals surface area contributed by atoms with Gasteiger partial charge in [0.15, 0.2) is 5.13 Å². The zero-order valence-corrected chi connectivity index (χ0v) is 16.1. The molecule has 0 aliphatic carbocycles. The number of nitro groups is 1. The van der Waals surface area contributed by atoms with Gasteiger partial charge in [0.25, 0.3) is 11.6 Å². The second kappa shape index (κ2) is 7.65. The minimum atomic E-state index is -0.478. The molecule has 1 unspecified atom stereocenters. The molecule has 28 heavy (non-hydrogen) atoms. The lowest BCUT2D eigenvalue weighted by molar-refractivity contribution is -0.384. The standard InChI is InChI=1S/C20H19N3O4S/c1-13-4-9-17-18(11-13)28-20(21-17)22(12-16-3-2-10-27-16)19(24)14-5-7-15(8-6-14)23(25)26/h4-9,11,16H,2-3,10,12H2,1H3. The van der Waals surface area contributed by atoms with Gasteiger partial charge in [-0.2, -0.15) is 0 Å². The number of nitro benzene ring substituents is 1. The average molecular weight is 397 g/mol. The van der Waals surface area contributed by atoms with Gasteiger partial charge >= 0.3 is 0 Å². The van der Waals surface area contributed by atoms with E-state index >= 15 is 0 Å². The van der Waals surface area contributed by atoms with Crippen LogP contribution in [-0.4, -0.2) is 35.1 Å². The van der Waals surface area contributed by atoms with Gasteiger partial charge in [0.2, 0.25) is 0 Å². The highest BCUT2D eigenvalue weighted by Gasteiger charge is 2.27. The summed E-state index contributed by atoms with van der Waals surface area (Å²) in [5, 5.41) is 11.5. The largest absolute Gasteiger partial charge is 0.376 e. The predicted octanol–water partition coefficient (Wildman–Crippen LogP) is 4.34. The summed E-state index contributed by atoms with van der Waals surface area (Å²) in [6, 6.07) is 11.7. The fourth-order valence-electron chi connectivity index (χ4n) is 3.26. The van der Waals surface area contributed by atoms with Gasteiger partial charge in [-0.3, -0.25) is 19.8 Å². The van der Waals surface area contributed by atoms with Crippen molar-refractivity contribution in [2.24, 2.45) is 0 Å². The van der Waals surface area contributed by atoms with Crippen LogP contribution in [0.5, 0.6) is 0 Å². The lowest BCUT2D eigenvalue weighted by Crippen LogP contribution is -2.37. The molecule has 0 N–H and O–H groups in total. The molecule has 0 radical (unpaired) electrons. The van der Waals surface area contributed by atoms with Crippen molar-refractivity contribution in [3.63, 3.8) is 0 Å². The SMILES string of the molecule is Cc1ccc2nc(N(CC3CCCO3)C(=O)c3ccc([N+](=O)[O-])cc3)sc2c1. The molecule has 2 aromatic carbocycles. The van der Waals surface area contributed by atoms with Crippen molar-refractivity contribution in [3.8, 4) is 0 Å². The van der Waals surface area contributed by atoms with Crippen molar-refractivity contribution in [1.29, 1.82) is 0 Å². The quantitative estimate of drug-likeness (QED) is 0.472. The van der Waals surface area contributed by atoms with Gasteiger partial charge in [-0.25, -0.2) is 4.98 Å². The van der Waals surface area contributed by atoms with Crippen LogP contribution in [0.1, 0.15) is 28.8 Å². The second-order valence-electron chi connectivity index (χ2n) is 6.82. The maximum atomic E-state index is 13.2. The van der Waals surface area contributed by atoms with E-state index in [1.165, 1.54) is 35.6 Å². The van der Waals surface area contributed by atoms with Crippen molar-refractivity contribution in [1.82, 2.24) is 4.98 Å². The normalized spacial score (nSPS) is 16.4. The number of nitrogens with zero attached hydrogens (tertiary/aromatic N) is 3. The number of aromatic nitrogens is 1. The molecule has 7 nitrogen and oxygen atoms in total. The second-order valence-corrected chi connectivity index (χ2v) is 7.83. The molecule has 1 fully saturated rings. The number of ether oxygens (including phenoxy) is 1. The molecular weight excluding hydrogens is 378 g/mol. The van der Waals surface area contributed by atoms with Crippen LogP contribution in [0, 0.1) is 17.0 Å². The number of aryl methyl sites for hydroxylation is 1. The number of fused-ring (bicyclic) bond motifs is 1. The molecule has 4 rings (SSSR count). The predicted molar refractivity (Wildman–Crippen MR) is 108 cm³/mol. The van der Waals surface area contributed by atoms with Crippen LogP contribution in [0.15, 0.2) is 42.5 Å². The number of carbonyl (C=O) groups excluding carboxylic acids is 1. The van der Waals surface area contributed by atoms with E-state index < -0.39 is 4.92 Å². The Labute approximate surface area is 165 Å². The van der Waals surface area contributed by atoms with E-state index in [0.717, 1.165) is 28.6 Å². The Kier molecular flexibility index (Phi) is 5.06. The number of anilines is 1. The van der Waals surface area contributed by atoms with Gasteiger partial charge in [0.05, 0.1) is 27.8 Å². The van der Waals surface area contributed by atoms with Crippen molar-refractivity contribution < 1.29 is 14.5 Å². The molecule has 1 amide bonds. The van der Waals surface area contributed by atoms with E-state index in [9.17, 15) is 14.9 Å². The fraction of sp³-hybridized carbons (Fsp3) is 0.300. The lowest BCUT2D eigenvalue weighted by atomic mass is 10.1. The molecule has 0 saturated carbocycles. The topological polar surface area (TPSA) is 85.6 Å². The van der Waals surface area contributed by atoms with Crippen molar-refractivity contribution in [2.45, 2.75) is 25.9 Å². The van der Waals surface area contributed by atoms with Crippen molar-refractivity contribution >= 4 is 38.3 Å². The molecule has 1 saturated heterocycles. The Morgan fingerprint density at radius 1 is 1.32 bits per heavy atom.